The van der Waals surface area contributed by atoms with Gasteiger partial charge in [-0.3, -0.25) is 19.4 Å². The van der Waals surface area contributed by atoms with E-state index in [0.717, 1.165) is 12.8 Å². The molecular weight excluding hydrogens is 410 g/mol. The van der Waals surface area contributed by atoms with Crippen LogP contribution in [0.1, 0.15) is 56.3 Å². The number of fused-ring (bicyclic) bond motifs is 1. The lowest BCUT2D eigenvalue weighted by Gasteiger charge is -2.40. The number of rotatable bonds is 5. The lowest BCUT2D eigenvalue weighted by Crippen LogP contribution is -2.54. The first-order valence-electron chi connectivity index (χ1n) is 11.7. The second-order valence-electron chi connectivity index (χ2n) is 9.45. The molecule has 1 saturated heterocycles. The number of aromatic carboxylic acids is 1. The van der Waals surface area contributed by atoms with Crippen molar-refractivity contribution >= 4 is 29.2 Å². The molecule has 0 bridgehead atoms. The van der Waals surface area contributed by atoms with Crippen molar-refractivity contribution in [3.8, 4) is 0 Å². The molecule has 2 unspecified atom stereocenters. The van der Waals surface area contributed by atoms with Crippen LogP contribution >= 0.6 is 0 Å². The fourth-order valence-electron chi connectivity index (χ4n) is 5.28. The molecule has 1 aliphatic carbocycles. The zero-order chi connectivity index (χ0) is 22.8. The average Bonchev–Trinajstić information content (AvgIpc) is 2.75. The van der Waals surface area contributed by atoms with E-state index < -0.39 is 5.97 Å². The van der Waals surface area contributed by atoms with Crippen LogP contribution in [0.25, 0.3) is 0 Å². The van der Waals surface area contributed by atoms with E-state index in [1.807, 2.05) is 18.7 Å². The number of ether oxygens (including phenoxy) is 1. The number of morpholine rings is 1. The van der Waals surface area contributed by atoms with Crippen LogP contribution in [0.2, 0.25) is 0 Å². The Morgan fingerprint density at radius 1 is 1.06 bits per heavy atom. The summed E-state index contributed by atoms with van der Waals surface area (Å²) >= 11 is 0. The highest BCUT2D eigenvalue weighted by Crippen LogP contribution is 2.37. The third-order valence-corrected chi connectivity index (χ3v) is 6.72. The number of carbonyl (C=O) groups excluding carboxylic acids is 2. The molecule has 1 aromatic rings. The van der Waals surface area contributed by atoms with Gasteiger partial charge >= 0.3 is 5.97 Å². The van der Waals surface area contributed by atoms with Gasteiger partial charge in [0.15, 0.2) is 0 Å². The van der Waals surface area contributed by atoms with Gasteiger partial charge in [-0.1, -0.05) is 19.3 Å². The van der Waals surface area contributed by atoms with Crippen molar-refractivity contribution in [1.29, 1.82) is 0 Å². The van der Waals surface area contributed by atoms with Crippen molar-refractivity contribution in [3.05, 3.63) is 23.8 Å². The second kappa shape index (κ2) is 9.58. The van der Waals surface area contributed by atoms with Gasteiger partial charge in [0.2, 0.25) is 11.8 Å². The van der Waals surface area contributed by atoms with Crippen LogP contribution in [0, 0.1) is 5.92 Å². The van der Waals surface area contributed by atoms with Crippen molar-refractivity contribution in [2.75, 3.05) is 42.5 Å². The minimum Gasteiger partial charge on any atom is -0.478 e. The molecule has 2 amide bonds. The third kappa shape index (κ3) is 4.96. The van der Waals surface area contributed by atoms with Crippen LogP contribution in [0.5, 0.6) is 0 Å². The Hall–Kier alpha value is -2.45. The summed E-state index contributed by atoms with van der Waals surface area (Å²) < 4.78 is 5.75. The Bertz CT molecular complexity index is 872. The van der Waals surface area contributed by atoms with Gasteiger partial charge in [-0.2, -0.15) is 0 Å². The van der Waals surface area contributed by atoms with E-state index in [2.05, 4.69) is 0 Å². The highest BCUT2D eigenvalue weighted by atomic mass is 16.5. The van der Waals surface area contributed by atoms with Crippen LogP contribution in [0.15, 0.2) is 18.2 Å². The number of nitrogens with zero attached hydrogens (tertiary/aromatic N) is 3. The molecule has 8 heteroatoms. The first kappa shape index (κ1) is 22.7. The van der Waals surface area contributed by atoms with Gasteiger partial charge in [-0.25, -0.2) is 4.79 Å². The predicted molar refractivity (Wildman–Crippen MR) is 121 cm³/mol. The second-order valence-corrected chi connectivity index (χ2v) is 9.45. The van der Waals surface area contributed by atoms with Gasteiger partial charge < -0.3 is 14.7 Å². The topological polar surface area (TPSA) is 90.4 Å². The van der Waals surface area contributed by atoms with Crippen molar-refractivity contribution < 1.29 is 24.2 Å². The van der Waals surface area contributed by atoms with E-state index in [1.54, 1.807) is 11.0 Å². The van der Waals surface area contributed by atoms with E-state index >= 15 is 0 Å². The van der Waals surface area contributed by atoms with Crippen molar-refractivity contribution in [3.63, 3.8) is 0 Å². The molecule has 2 heterocycles. The number of anilines is 2. The zero-order valence-electron chi connectivity index (χ0n) is 19.0. The highest BCUT2D eigenvalue weighted by molar-refractivity contribution is 6.12. The molecule has 2 atom stereocenters. The van der Waals surface area contributed by atoms with Gasteiger partial charge in [0.05, 0.1) is 35.7 Å². The molecular formula is C24H33N3O5. The Morgan fingerprint density at radius 2 is 1.75 bits per heavy atom. The molecule has 2 aliphatic heterocycles. The van der Waals surface area contributed by atoms with Gasteiger partial charge in [0.25, 0.3) is 0 Å². The summed E-state index contributed by atoms with van der Waals surface area (Å²) in [4.78, 5) is 43.3. The summed E-state index contributed by atoms with van der Waals surface area (Å²) in [6, 6.07) is 4.72. The predicted octanol–water partition coefficient (Wildman–Crippen LogP) is 2.75. The van der Waals surface area contributed by atoms with E-state index in [-0.39, 0.29) is 42.7 Å². The molecule has 0 spiro atoms. The maximum absolute atomic E-state index is 13.3. The molecule has 174 valence electrons. The maximum atomic E-state index is 13.3. The van der Waals surface area contributed by atoms with Crippen LogP contribution < -0.4 is 9.80 Å². The normalized spacial score (nSPS) is 25.0. The van der Waals surface area contributed by atoms with E-state index in [1.165, 1.54) is 36.3 Å². The summed E-state index contributed by atoms with van der Waals surface area (Å²) in [5.41, 5.74) is 1.26. The van der Waals surface area contributed by atoms with Gasteiger partial charge in [0, 0.05) is 19.6 Å². The number of carboxylic acid groups (broad SMARTS) is 1. The number of carbonyl (C=O) groups is 3. The summed E-state index contributed by atoms with van der Waals surface area (Å²) in [5, 5.41) is 9.50. The number of hydrogen-bond acceptors (Lipinski definition) is 5. The molecule has 0 radical (unpaired) electrons. The largest absolute Gasteiger partial charge is 0.478 e. The van der Waals surface area contributed by atoms with Crippen LogP contribution in [-0.4, -0.2) is 72.7 Å². The lowest BCUT2D eigenvalue weighted by atomic mass is 9.88. The molecule has 3 aliphatic rings. The number of benzene rings is 1. The molecule has 0 aromatic heterocycles. The SMILES string of the molecule is CC1CN(CC(=O)N2CC(=O)N(CC3CCCCC3)c3ccc(C(=O)O)cc32)CC(C)O1. The summed E-state index contributed by atoms with van der Waals surface area (Å²) in [6.45, 7) is 5.99. The molecule has 2 fully saturated rings. The standard InChI is InChI=1S/C24H33N3O5/c1-16-11-25(12-17(2)32-16)14-22(28)27-15-23(29)26(13-18-6-4-3-5-7-18)20-9-8-19(24(30)31)10-21(20)27/h8-10,16-18H,3-7,11-15H2,1-2H3,(H,30,31). The Morgan fingerprint density at radius 3 is 2.41 bits per heavy atom. The van der Waals surface area contributed by atoms with E-state index in [9.17, 15) is 19.5 Å². The first-order valence-corrected chi connectivity index (χ1v) is 11.7. The zero-order valence-corrected chi connectivity index (χ0v) is 19.0. The Balaban J connectivity index is 1.59. The maximum Gasteiger partial charge on any atom is 0.335 e. The minimum atomic E-state index is -1.05. The molecule has 1 aromatic carbocycles. The quantitative estimate of drug-likeness (QED) is 0.753. The molecule has 1 saturated carbocycles. The van der Waals surface area contributed by atoms with E-state index in [4.69, 9.17) is 4.74 Å². The fraction of sp³-hybridized carbons (Fsp3) is 0.625. The monoisotopic (exact) mass is 443 g/mol. The van der Waals surface area contributed by atoms with Gasteiger partial charge in [-0.05, 0) is 50.8 Å². The Labute approximate surface area is 189 Å². The van der Waals surface area contributed by atoms with Gasteiger partial charge in [0.1, 0.15) is 6.54 Å². The van der Waals surface area contributed by atoms with Crippen LogP contribution in [0.4, 0.5) is 11.4 Å². The van der Waals surface area contributed by atoms with Gasteiger partial charge in [-0.15, -0.1) is 0 Å². The Kier molecular flexibility index (Phi) is 6.81. The van der Waals surface area contributed by atoms with Crippen molar-refractivity contribution in [2.45, 2.75) is 58.2 Å². The number of hydrogen-bond donors (Lipinski definition) is 1. The first-order chi connectivity index (χ1) is 15.3. The van der Waals surface area contributed by atoms with Crippen LogP contribution in [0.3, 0.4) is 0 Å². The minimum absolute atomic E-state index is 0.0337. The van der Waals surface area contributed by atoms with Crippen molar-refractivity contribution in [2.24, 2.45) is 5.92 Å². The molecule has 1 N–H and O–H groups in total. The van der Waals surface area contributed by atoms with E-state index in [0.29, 0.717) is 36.9 Å². The average molecular weight is 444 g/mol. The number of amides is 2. The highest BCUT2D eigenvalue weighted by Gasteiger charge is 2.35. The van der Waals surface area contributed by atoms with Crippen molar-refractivity contribution in [1.82, 2.24) is 4.90 Å². The summed E-state index contributed by atoms with van der Waals surface area (Å²) in [7, 11) is 0. The fourth-order valence-corrected chi connectivity index (χ4v) is 5.28. The lowest BCUT2D eigenvalue weighted by molar-refractivity contribution is -0.126. The summed E-state index contributed by atoms with van der Waals surface area (Å²) in [5.74, 6) is -0.908. The molecule has 4 rings (SSSR count). The molecule has 8 nitrogen and oxygen atoms in total. The number of carboxylic acids is 1. The smallest absolute Gasteiger partial charge is 0.335 e. The molecule has 32 heavy (non-hydrogen) atoms. The summed E-state index contributed by atoms with van der Waals surface area (Å²) in [6.07, 6.45) is 5.86. The van der Waals surface area contributed by atoms with Crippen LogP contribution in [-0.2, 0) is 14.3 Å². The third-order valence-electron chi connectivity index (χ3n) is 6.72.